The molecule has 1 amide bonds. The second kappa shape index (κ2) is 7.71. The van der Waals surface area contributed by atoms with Gasteiger partial charge < -0.3 is 19.4 Å². The normalized spacial score (nSPS) is 16.7. The van der Waals surface area contributed by atoms with Crippen LogP contribution >= 0.6 is 0 Å². The minimum Gasteiger partial charge on any atom is -0.424 e. The average molecular weight is 370 g/mol. The topological polar surface area (TPSA) is 117 Å². The van der Waals surface area contributed by atoms with E-state index in [0.717, 1.165) is 30.6 Å². The first-order chi connectivity index (χ1) is 13.2. The molecule has 142 valence electrons. The summed E-state index contributed by atoms with van der Waals surface area (Å²) < 4.78 is 15.4. The Kier molecular flexibility index (Phi) is 4.97. The first kappa shape index (κ1) is 17.4. The summed E-state index contributed by atoms with van der Waals surface area (Å²) in [7, 11) is 0. The first-order valence-corrected chi connectivity index (χ1v) is 8.93. The number of rotatable bonds is 4. The Morgan fingerprint density at radius 1 is 1.07 bits per heavy atom. The van der Waals surface area contributed by atoms with Crippen molar-refractivity contribution in [3.8, 4) is 11.3 Å². The van der Waals surface area contributed by atoms with Crippen LogP contribution < -0.4 is 5.73 Å². The number of carbonyl (C=O) groups is 1. The van der Waals surface area contributed by atoms with Crippen LogP contribution in [0.3, 0.4) is 0 Å². The van der Waals surface area contributed by atoms with Gasteiger partial charge in [-0.25, -0.2) is 0 Å². The van der Waals surface area contributed by atoms with Crippen molar-refractivity contribution < 1.29 is 19.9 Å². The smallest absolute Gasteiger partial charge is 0.287 e. The lowest BCUT2D eigenvalue weighted by Gasteiger charge is -2.23. The Balaban J connectivity index is 0.000000155. The zero-order valence-electron chi connectivity index (χ0n) is 14.7. The van der Waals surface area contributed by atoms with Gasteiger partial charge in [0.15, 0.2) is 0 Å². The number of ether oxygens (including phenoxy) is 1. The Labute approximate surface area is 157 Å². The van der Waals surface area contributed by atoms with Gasteiger partial charge in [-0.2, -0.15) is 0 Å². The van der Waals surface area contributed by atoms with Crippen molar-refractivity contribution in [2.45, 2.75) is 31.1 Å². The van der Waals surface area contributed by atoms with E-state index in [1.54, 1.807) is 0 Å². The molecule has 1 saturated carbocycles. The van der Waals surface area contributed by atoms with Crippen LogP contribution in [0.1, 0.15) is 54.9 Å². The van der Waals surface area contributed by atoms with Gasteiger partial charge in [-0.05, 0) is 12.8 Å². The van der Waals surface area contributed by atoms with E-state index in [4.69, 9.17) is 19.4 Å². The van der Waals surface area contributed by atoms with Gasteiger partial charge in [-0.1, -0.05) is 41.9 Å². The molecule has 0 bridgehead atoms. The van der Waals surface area contributed by atoms with Crippen LogP contribution in [0.5, 0.6) is 0 Å². The molecule has 8 nitrogen and oxygen atoms in total. The van der Waals surface area contributed by atoms with E-state index in [-0.39, 0.29) is 7.19 Å². The molecule has 1 aromatic carbocycles. The molecule has 2 fully saturated rings. The molecule has 5 rings (SSSR count). The number of hydrogen-bond donors (Lipinski definition) is 1. The van der Waals surface area contributed by atoms with Gasteiger partial charge in [-0.3, -0.25) is 4.79 Å². The number of primary amides is 1. The lowest BCUT2D eigenvalue weighted by Crippen LogP contribution is -2.25. The molecule has 0 radical (unpaired) electrons. The van der Waals surface area contributed by atoms with E-state index in [2.05, 4.69) is 15.4 Å². The summed E-state index contributed by atoms with van der Waals surface area (Å²) >= 11 is 0. The van der Waals surface area contributed by atoms with Crippen LogP contribution in [0, 0.1) is 0 Å². The van der Waals surface area contributed by atoms with E-state index in [0.29, 0.717) is 17.5 Å². The highest BCUT2D eigenvalue weighted by molar-refractivity contribution is 5.90. The van der Waals surface area contributed by atoms with Crippen molar-refractivity contribution in [2.24, 2.45) is 5.73 Å². The van der Waals surface area contributed by atoms with Gasteiger partial charge in [0.2, 0.25) is 17.5 Å². The van der Waals surface area contributed by atoms with Crippen LogP contribution in [-0.4, -0.2) is 34.5 Å². The van der Waals surface area contributed by atoms with Gasteiger partial charge in [0.1, 0.15) is 5.69 Å². The predicted molar refractivity (Wildman–Crippen MR) is 97.0 cm³/mol. The van der Waals surface area contributed by atoms with Crippen molar-refractivity contribution >= 4 is 5.91 Å². The molecule has 27 heavy (non-hydrogen) atoms. The van der Waals surface area contributed by atoms with E-state index in [1.165, 1.54) is 25.3 Å². The molecule has 0 atom stereocenters. The molecule has 0 spiro atoms. The summed E-state index contributed by atoms with van der Waals surface area (Å²) in [5.41, 5.74) is 6.54. The maximum atomic E-state index is 10.7. The van der Waals surface area contributed by atoms with Crippen molar-refractivity contribution in [1.29, 1.82) is 0 Å². The second-order valence-electron chi connectivity index (χ2n) is 6.65. The third-order valence-corrected chi connectivity index (χ3v) is 4.72. The quantitative estimate of drug-likeness (QED) is 0.749. The van der Waals surface area contributed by atoms with Crippen molar-refractivity contribution in [1.82, 2.24) is 15.4 Å². The zero-order valence-corrected chi connectivity index (χ0v) is 14.7. The third kappa shape index (κ3) is 3.90. The van der Waals surface area contributed by atoms with Crippen LogP contribution in [0.15, 0.2) is 45.3 Å². The van der Waals surface area contributed by atoms with Gasteiger partial charge in [0.05, 0.1) is 19.1 Å². The predicted octanol–water partition coefficient (Wildman–Crippen LogP) is 3.14. The van der Waals surface area contributed by atoms with Crippen LogP contribution in [0.4, 0.5) is 0 Å². The molecular formula is C19H22N4O4. The summed E-state index contributed by atoms with van der Waals surface area (Å²) in [6, 6.07) is 10.9. The van der Waals surface area contributed by atoms with E-state index in [9.17, 15) is 4.79 Å². The molecule has 1 aliphatic heterocycles. The van der Waals surface area contributed by atoms with Gasteiger partial charge >= 0.3 is 0 Å². The van der Waals surface area contributed by atoms with Crippen LogP contribution in [0.25, 0.3) is 11.3 Å². The molecule has 2 aromatic heterocycles. The standard InChI is InChI=1S/C10H8N2O2.C9H12N2O2.H2/c11-10(13)9-6-8(12-14-9)7-4-2-1-3-5-7;1-2-6(3-1)8-10-11-9(13-8)7-4-12-5-7;/h1-6H,(H2,11,13);6-7H,1-5H2;1H. The van der Waals surface area contributed by atoms with Crippen molar-refractivity contribution in [3.05, 3.63) is 53.9 Å². The molecule has 1 saturated heterocycles. The Hall–Kier alpha value is -3.00. The van der Waals surface area contributed by atoms with Gasteiger partial charge in [0, 0.05) is 19.0 Å². The van der Waals surface area contributed by atoms with Gasteiger partial charge in [0.25, 0.3) is 5.91 Å². The summed E-state index contributed by atoms with van der Waals surface area (Å²) in [4.78, 5) is 10.7. The monoisotopic (exact) mass is 370 g/mol. The largest absolute Gasteiger partial charge is 0.424 e. The Morgan fingerprint density at radius 3 is 2.30 bits per heavy atom. The van der Waals surface area contributed by atoms with Crippen LogP contribution in [-0.2, 0) is 4.74 Å². The summed E-state index contributed by atoms with van der Waals surface area (Å²) in [5.74, 6) is 1.98. The Bertz CT molecular complexity index is 875. The van der Waals surface area contributed by atoms with E-state index >= 15 is 0 Å². The minimum atomic E-state index is -0.611. The summed E-state index contributed by atoms with van der Waals surface area (Å²) in [6.45, 7) is 1.48. The number of nitrogens with zero attached hydrogens (tertiary/aromatic N) is 3. The van der Waals surface area contributed by atoms with Crippen molar-refractivity contribution in [3.63, 3.8) is 0 Å². The maximum absolute atomic E-state index is 10.7. The molecule has 3 aromatic rings. The summed E-state index contributed by atoms with van der Waals surface area (Å²) in [6.07, 6.45) is 3.72. The Morgan fingerprint density at radius 2 is 1.78 bits per heavy atom. The lowest BCUT2D eigenvalue weighted by atomic mass is 9.85. The summed E-state index contributed by atoms with van der Waals surface area (Å²) in [5, 5.41) is 11.8. The third-order valence-electron chi connectivity index (χ3n) is 4.72. The van der Waals surface area contributed by atoms with Gasteiger partial charge in [-0.15, -0.1) is 10.2 Å². The molecule has 0 unspecified atom stereocenters. The SMILES string of the molecule is C1CC(c2nnc(C3COC3)o2)C1.NC(=O)c1cc(-c2ccccc2)no1.[HH]. The minimum absolute atomic E-state index is 0. The zero-order chi connectivity index (χ0) is 18.6. The van der Waals surface area contributed by atoms with Crippen molar-refractivity contribution in [2.75, 3.05) is 13.2 Å². The number of carbonyl (C=O) groups excluding carboxylic acids is 1. The number of benzene rings is 1. The van der Waals surface area contributed by atoms with Crippen LogP contribution in [0.2, 0.25) is 0 Å². The highest BCUT2D eigenvalue weighted by atomic mass is 16.5. The number of nitrogens with two attached hydrogens (primary N) is 1. The molecule has 8 heteroatoms. The molecule has 1 aliphatic carbocycles. The molecule has 2 N–H and O–H groups in total. The average Bonchev–Trinajstić information content (AvgIpc) is 3.23. The number of amides is 1. The molecule has 3 heterocycles. The van der Waals surface area contributed by atoms with E-state index < -0.39 is 5.91 Å². The number of aromatic nitrogens is 3. The number of hydrogen-bond acceptors (Lipinski definition) is 7. The highest BCUT2D eigenvalue weighted by Gasteiger charge is 2.30. The second-order valence-corrected chi connectivity index (χ2v) is 6.65. The molecular weight excluding hydrogens is 348 g/mol. The lowest BCUT2D eigenvalue weighted by molar-refractivity contribution is -0.00305. The van der Waals surface area contributed by atoms with E-state index in [1.807, 2.05) is 30.3 Å². The fourth-order valence-electron chi connectivity index (χ4n) is 2.75. The first-order valence-electron chi connectivity index (χ1n) is 8.93. The maximum Gasteiger partial charge on any atom is 0.287 e. The molecule has 2 aliphatic rings. The highest BCUT2D eigenvalue weighted by Crippen LogP contribution is 2.36. The fourth-order valence-corrected chi connectivity index (χ4v) is 2.75. The fraction of sp³-hybridized carbons (Fsp3) is 0.368.